The topological polar surface area (TPSA) is 46.5 Å². The number of hydrogen-bond donors (Lipinski definition) is 1. The highest BCUT2D eigenvalue weighted by Gasteiger charge is 2.09. The standard InChI is InChI=1S/C11H14O3.C8H9FS.C2H6/c1-2-3-8-14-10-7-5-4-6-9(10)11(12)13;1-6-7(9)4-3-5-8(6)10-2;1-2/h4-7H,2-3,8H2,1H3,(H,12,13);3-5H,1-2H3;1-2H3. The highest BCUT2D eigenvalue weighted by molar-refractivity contribution is 7.98. The predicted molar refractivity (Wildman–Crippen MR) is 108 cm³/mol. The third-order valence-electron chi connectivity index (χ3n) is 3.31. The van der Waals surface area contributed by atoms with Gasteiger partial charge in [0, 0.05) is 4.90 Å². The van der Waals surface area contributed by atoms with Crippen LogP contribution < -0.4 is 4.74 Å². The van der Waals surface area contributed by atoms with Crippen LogP contribution in [0.2, 0.25) is 0 Å². The third-order valence-corrected chi connectivity index (χ3v) is 4.19. The molecule has 0 aromatic heterocycles. The Labute approximate surface area is 160 Å². The molecule has 0 heterocycles. The molecule has 0 fully saturated rings. The number of ether oxygens (including phenoxy) is 1. The van der Waals surface area contributed by atoms with E-state index in [0.717, 1.165) is 23.3 Å². The lowest BCUT2D eigenvalue weighted by molar-refractivity contribution is 0.0692. The van der Waals surface area contributed by atoms with Crippen molar-refractivity contribution in [3.63, 3.8) is 0 Å². The normalized spacial score (nSPS) is 9.31. The molecule has 2 aromatic rings. The molecular formula is C21H29FO3S. The molecule has 0 unspecified atom stereocenters. The lowest BCUT2D eigenvalue weighted by atomic mass is 10.2. The van der Waals surface area contributed by atoms with Gasteiger partial charge in [0.2, 0.25) is 0 Å². The van der Waals surface area contributed by atoms with Crippen molar-refractivity contribution in [2.75, 3.05) is 12.9 Å². The first-order valence-electron chi connectivity index (χ1n) is 8.75. The van der Waals surface area contributed by atoms with Crippen LogP contribution in [0.15, 0.2) is 47.4 Å². The summed E-state index contributed by atoms with van der Waals surface area (Å²) in [5.41, 5.74) is 0.971. The SMILES string of the molecule is CC.CCCCOc1ccccc1C(=O)O.CSc1cccc(F)c1C. The number of unbranched alkanes of at least 4 members (excludes halogenated alkanes) is 1. The van der Waals surface area contributed by atoms with Gasteiger partial charge in [-0.05, 0) is 49.4 Å². The van der Waals surface area contributed by atoms with Gasteiger partial charge < -0.3 is 9.84 Å². The Morgan fingerprint density at radius 2 is 1.81 bits per heavy atom. The summed E-state index contributed by atoms with van der Waals surface area (Å²) in [6, 6.07) is 11.8. The molecule has 0 aliphatic heterocycles. The third kappa shape index (κ3) is 8.39. The van der Waals surface area contributed by atoms with Crippen molar-refractivity contribution in [1.29, 1.82) is 0 Å². The van der Waals surface area contributed by atoms with E-state index < -0.39 is 5.97 Å². The minimum atomic E-state index is -0.947. The summed E-state index contributed by atoms with van der Waals surface area (Å²) in [5.74, 6) is -0.614. The fraction of sp³-hybridized carbons (Fsp3) is 0.381. The van der Waals surface area contributed by atoms with E-state index >= 15 is 0 Å². The maximum atomic E-state index is 12.8. The van der Waals surface area contributed by atoms with E-state index in [2.05, 4.69) is 6.92 Å². The second-order valence-corrected chi connectivity index (χ2v) is 5.92. The van der Waals surface area contributed by atoms with Crippen LogP contribution >= 0.6 is 11.8 Å². The van der Waals surface area contributed by atoms with Gasteiger partial charge in [-0.15, -0.1) is 11.8 Å². The van der Waals surface area contributed by atoms with Crippen molar-refractivity contribution in [3.05, 3.63) is 59.4 Å². The first-order chi connectivity index (χ1) is 12.5. The summed E-state index contributed by atoms with van der Waals surface area (Å²) < 4.78 is 18.1. The van der Waals surface area contributed by atoms with E-state index in [-0.39, 0.29) is 11.4 Å². The molecular weight excluding hydrogens is 351 g/mol. The van der Waals surface area contributed by atoms with E-state index in [0.29, 0.717) is 12.4 Å². The van der Waals surface area contributed by atoms with Crippen LogP contribution in [-0.2, 0) is 0 Å². The van der Waals surface area contributed by atoms with Crippen molar-refractivity contribution in [2.45, 2.75) is 45.4 Å². The van der Waals surface area contributed by atoms with Crippen LogP contribution in [0.3, 0.4) is 0 Å². The molecule has 0 saturated heterocycles. The van der Waals surface area contributed by atoms with Gasteiger partial charge in [0.25, 0.3) is 0 Å². The van der Waals surface area contributed by atoms with E-state index in [4.69, 9.17) is 9.84 Å². The number of carboxylic acid groups (broad SMARTS) is 1. The zero-order valence-corrected chi connectivity index (χ0v) is 17.0. The summed E-state index contributed by atoms with van der Waals surface area (Å²) >= 11 is 1.57. The second kappa shape index (κ2) is 14.2. The summed E-state index contributed by atoms with van der Waals surface area (Å²) in [7, 11) is 0. The molecule has 26 heavy (non-hydrogen) atoms. The van der Waals surface area contributed by atoms with Crippen molar-refractivity contribution in [1.82, 2.24) is 0 Å². The molecule has 0 bridgehead atoms. The summed E-state index contributed by atoms with van der Waals surface area (Å²) in [4.78, 5) is 11.8. The van der Waals surface area contributed by atoms with Crippen molar-refractivity contribution < 1.29 is 19.0 Å². The Bertz CT molecular complexity index is 659. The summed E-state index contributed by atoms with van der Waals surface area (Å²) in [5, 5.41) is 8.84. The number of aromatic carboxylic acids is 1. The zero-order chi connectivity index (χ0) is 19.9. The minimum Gasteiger partial charge on any atom is -0.493 e. The zero-order valence-electron chi connectivity index (χ0n) is 16.2. The Balaban J connectivity index is 0.000000458. The lowest BCUT2D eigenvalue weighted by Gasteiger charge is -2.07. The van der Waals surface area contributed by atoms with E-state index in [1.54, 1.807) is 49.0 Å². The van der Waals surface area contributed by atoms with Crippen molar-refractivity contribution >= 4 is 17.7 Å². The monoisotopic (exact) mass is 380 g/mol. The van der Waals surface area contributed by atoms with Gasteiger partial charge in [-0.2, -0.15) is 0 Å². The molecule has 2 aromatic carbocycles. The van der Waals surface area contributed by atoms with Gasteiger partial charge in [-0.25, -0.2) is 9.18 Å². The highest BCUT2D eigenvalue weighted by atomic mass is 32.2. The van der Waals surface area contributed by atoms with E-state index in [1.807, 2.05) is 26.2 Å². The molecule has 5 heteroatoms. The smallest absolute Gasteiger partial charge is 0.339 e. The van der Waals surface area contributed by atoms with Gasteiger partial charge in [-0.1, -0.05) is 45.4 Å². The Morgan fingerprint density at radius 3 is 2.35 bits per heavy atom. The number of carbonyl (C=O) groups is 1. The maximum Gasteiger partial charge on any atom is 0.339 e. The Morgan fingerprint density at radius 1 is 1.15 bits per heavy atom. The fourth-order valence-corrected chi connectivity index (χ4v) is 2.52. The van der Waals surface area contributed by atoms with Crippen LogP contribution in [0.4, 0.5) is 4.39 Å². The van der Waals surface area contributed by atoms with Crippen molar-refractivity contribution in [2.24, 2.45) is 0 Å². The van der Waals surface area contributed by atoms with Gasteiger partial charge in [0.05, 0.1) is 6.61 Å². The lowest BCUT2D eigenvalue weighted by Crippen LogP contribution is -2.03. The first-order valence-corrected chi connectivity index (χ1v) is 9.98. The quantitative estimate of drug-likeness (QED) is 0.462. The molecule has 0 amide bonds. The summed E-state index contributed by atoms with van der Waals surface area (Å²) in [6.07, 6.45) is 3.92. The molecule has 0 aliphatic carbocycles. The molecule has 3 nitrogen and oxygen atoms in total. The minimum absolute atomic E-state index is 0.119. The van der Waals surface area contributed by atoms with Crippen LogP contribution in [-0.4, -0.2) is 23.9 Å². The van der Waals surface area contributed by atoms with Crippen LogP contribution in [0.1, 0.15) is 49.5 Å². The molecule has 0 atom stereocenters. The molecule has 144 valence electrons. The molecule has 0 saturated carbocycles. The molecule has 0 radical (unpaired) electrons. The van der Waals surface area contributed by atoms with Gasteiger partial charge in [0.15, 0.2) is 0 Å². The molecule has 1 N–H and O–H groups in total. The van der Waals surface area contributed by atoms with Gasteiger partial charge >= 0.3 is 5.97 Å². The fourth-order valence-electron chi connectivity index (χ4n) is 1.90. The average Bonchev–Trinajstić information content (AvgIpc) is 2.66. The number of para-hydroxylation sites is 1. The number of carboxylic acids is 1. The van der Waals surface area contributed by atoms with Crippen LogP contribution in [0.5, 0.6) is 5.75 Å². The number of halogens is 1. The van der Waals surface area contributed by atoms with Crippen molar-refractivity contribution in [3.8, 4) is 5.75 Å². The van der Waals surface area contributed by atoms with Crippen LogP contribution in [0.25, 0.3) is 0 Å². The number of rotatable bonds is 6. The Kier molecular flexibility index (Phi) is 13.1. The second-order valence-electron chi connectivity index (χ2n) is 5.07. The number of benzene rings is 2. The predicted octanol–water partition coefficient (Wildman–Crippen LogP) is 6.45. The first kappa shape index (κ1) is 24.0. The van der Waals surface area contributed by atoms with Crippen LogP contribution in [0, 0.1) is 12.7 Å². The molecule has 2 rings (SSSR count). The average molecular weight is 381 g/mol. The maximum absolute atomic E-state index is 12.8. The number of hydrogen-bond acceptors (Lipinski definition) is 3. The number of thioether (sulfide) groups is 1. The van der Waals surface area contributed by atoms with Gasteiger partial charge in [-0.3, -0.25) is 0 Å². The summed E-state index contributed by atoms with van der Waals surface area (Å²) in [6.45, 7) is 8.43. The van der Waals surface area contributed by atoms with E-state index in [1.165, 1.54) is 6.07 Å². The highest BCUT2D eigenvalue weighted by Crippen LogP contribution is 2.21. The largest absolute Gasteiger partial charge is 0.493 e. The van der Waals surface area contributed by atoms with Gasteiger partial charge in [0.1, 0.15) is 17.1 Å². The molecule has 0 aliphatic rings. The molecule has 0 spiro atoms. The van der Waals surface area contributed by atoms with E-state index in [9.17, 15) is 9.18 Å². The Hall–Kier alpha value is -2.01.